The van der Waals surface area contributed by atoms with Gasteiger partial charge in [-0.3, -0.25) is 0 Å². The van der Waals surface area contributed by atoms with E-state index in [0.717, 1.165) is 0 Å². The normalized spacial score (nSPS) is 24.6. The average molecular weight is 528 g/mol. The highest BCUT2D eigenvalue weighted by atomic mass is 79.9. The van der Waals surface area contributed by atoms with Crippen LogP contribution in [0.15, 0.2) is 21.5 Å². The van der Waals surface area contributed by atoms with Gasteiger partial charge in [-0.15, -0.1) is 0 Å². The smallest absolute Gasteiger partial charge is 0.380 e. The highest BCUT2D eigenvalue weighted by Crippen LogP contribution is 2.52. The molecule has 2 atom stereocenters. The number of alkyl halides is 8. The zero-order chi connectivity index (χ0) is 20.1. The summed E-state index contributed by atoms with van der Waals surface area (Å²) in [6.07, 6.45) is -6.41. The lowest BCUT2D eigenvalue weighted by Crippen LogP contribution is -2.56. The van der Waals surface area contributed by atoms with Gasteiger partial charge in [-0.05, 0) is 23.6 Å². The van der Waals surface area contributed by atoms with Gasteiger partial charge in [0.15, 0.2) is 0 Å². The minimum Gasteiger partial charge on any atom is -0.380 e. The van der Waals surface area contributed by atoms with Gasteiger partial charge < -0.3 is 4.74 Å². The van der Waals surface area contributed by atoms with Crippen LogP contribution in [0.4, 0.5) is 30.7 Å². The number of allylic oxidation sites excluding steroid dienone is 2. The molecule has 1 aliphatic carbocycles. The molecule has 0 saturated carbocycles. The Balaban J connectivity index is 3.56. The molecule has 1 aliphatic rings. The molecule has 0 spiro atoms. The summed E-state index contributed by atoms with van der Waals surface area (Å²) >= 11 is 5.93. The van der Waals surface area contributed by atoms with E-state index in [1.165, 1.54) is 14.0 Å². The molecular formula is C12H11Br2F7O3S. The second-order valence-electron chi connectivity index (χ2n) is 5.21. The maximum atomic E-state index is 13.7. The maximum absolute atomic E-state index is 13.7. The minimum absolute atomic E-state index is 0.0116. The van der Waals surface area contributed by atoms with Crippen molar-refractivity contribution in [3.8, 4) is 0 Å². The molecule has 0 aromatic heterocycles. The molecule has 0 bridgehead atoms. The Morgan fingerprint density at radius 1 is 1.20 bits per heavy atom. The molecule has 13 heteroatoms. The van der Waals surface area contributed by atoms with E-state index in [-0.39, 0.29) is 10.9 Å². The molecule has 0 saturated heterocycles. The predicted octanol–water partition coefficient (Wildman–Crippen LogP) is 4.93. The van der Waals surface area contributed by atoms with Crippen LogP contribution in [0.1, 0.15) is 13.3 Å². The van der Waals surface area contributed by atoms with Crippen LogP contribution in [0.3, 0.4) is 0 Å². The molecule has 0 aromatic rings. The third-order valence-electron chi connectivity index (χ3n) is 3.52. The molecule has 146 valence electrons. The number of halogens is 9. The van der Waals surface area contributed by atoms with Gasteiger partial charge in [0.05, 0.1) is 15.3 Å². The first-order chi connectivity index (χ1) is 10.9. The van der Waals surface area contributed by atoms with Gasteiger partial charge >= 0.3 is 17.4 Å². The monoisotopic (exact) mass is 526 g/mol. The third kappa shape index (κ3) is 3.79. The summed E-state index contributed by atoms with van der Waals surface area (Å²) in [5, 5.41) is -6.41. The predicted molar refractivity (Wildman–Crippen MR) is 82.7 cm³/mol. The Morgan fingerprint density at radius 3 is 2.08 bits per heavy atom. The molecule has 0 heterocycles. The van der Waals surface area contributed by atoms with E-state index in [4.69, 9.17) is 4.74 Å². The second kappa shape index (κ2) is 6.79. The molecule has 0 N–H and O–H groups in total. The molecule has 0 aliphatic heterocycles. The largest absolute Gasteiger partial charge is 0.461 e. The van der Waals surface area contributed by atoms with E-state index < -0.39 is 42.5 Å². The Bertz CT molecular complexity index is 700. The third-order valence-corrected chi connectivity index (χ3v) is 6.97. The number of ether oxygens (including phenoxy) is 1. The second-order valence-corrected chi connectivity index (χ2v) is 9.70. The van der Waals surface area contributed by atoms with Gasteiger partial charge in [0, 0.05) is 13.5 Å². The van der Waals surface area contributed by atoms with Crippen LogP contribution in [0.2, 0.25) is 0 Å². The van der Waals surface area contributed by atoms with Crippen LogP contribution in [0.5, 0.6) is 0 Å². The van der Waals surface area contributed by atoms with E-state index in [2.05, 4.69) is 31.9 Å². The van der Waals surface area contributed by atoms with Gasteiger partial charge in [-0.1, -0.05) is 31.9 Å². The van der Waals surface area contributed by atoms with Crippen LogP contribution in [0.25, 0.3) is 0 Å². The fourth-order valence-electron chi connectivity index (χ4n) is 1.89. The van der Waals surface area contributed by atoms with E-state index in [1.807, 2.05) is 0 Å². The van der Waals surface area contributed by atoms with Gasteiger partial charge in [0.25, 0.3) is 0 Å². The first kappa shape index (κ1) is 22.9. The summed E-state index contributed by atoms with van der Waals surface area (Å²) in [5.74, 6) is -6.78. The van der Waals surface area contributed by atoms with Crippen LogP contribution in [-0.2, 0) is 14.6 Å². The van der Waals surface area contributed by atoms with Crippen LogP contribution < -0.4 is 0 Å². The summed E-state index contributed by atoms with van der Waals surface area (Å²) < 4.78 is 118. The SMILES string of the molecule is COC(C)C1(Br)C=C(S(=O)(=O)C(F)(F)C(F)(F)C(F)(F)F)C=C(Br)C1. The van der Waals surface area contributed by atoms with Gasteiger partial charge in [0.1, 0.15) is 0 Å². The summed E-state index contributed by atoms with van der Waals surface area (Å²) in [4.78, 5) is -1.39. The number of methoxy groups -OCH3 is 1. The molecule has 2 unspecified atom stereocenters. The van der Waals surface area contributed by atoms with E-state index in [0.29, 0.717) is 12.2 Å². The number of rotatable bonds is 5. The quantitative estimate of drug-likeness (QED) is 0.376. The van der Waals surface area contributed by atoms with Crippen molar-refractivity contribution in [2.24, 2.45) is 0 Å². The lowest BCUT2D eigenvalue weighted by Gasteiger charge is -2.34. The molecule has 1 rings (SSSR count). The first-order valence-corrected chi connectivity index (χ1v) is 9.38. The number of hydrogen-bond acceptors (Lipinski definition) is 3. The van der Waals surface area contributed by atoms with Crippen molar-refractivity contribution >= 4 is 41.7 Å². The molecule has 3 nitrogen and oxygen atoms in total. The highest BCUT2D eigenvalue weighted by Gasteiger charge is 2.79. The lowest BCUT2D eigenvalue weighted by atomic mass is 9.95. The van der Waals surface area contributed by atoms with Gasteiger partial charge in [-0.25, -0.2) is 8.42 Å². The van der Waals surface area contributed by atoms with Crippen molar-refractivity contribution in [3.63, 3.8) is 0 Å². The number of hydrogen-bond donors (Lipinski definition) is 0. The maximum Gasteiger partial charge on any atom is 0.461 e. The van der Waals surface area contributed by atoms with Crippen molar-refractivity contribution in [1.29, 1.82) is 0 Å². The Labute approximate surface area is 155 Å². The summed E-state index contributed by atoms with van der Waals surface area (Å²) in [6.45, 7) is 1.42. The molecule has 0 radical (unpaired) electrons. The molecule has 0 aromatic carbocycles. The molecule has 0 fully saturated rings. The Kier molecular flexibility index (Phi) is 6.22. The zero-order valence-electron chi connectivity index (χ0n) is 12.5. The van der Waals surface area contributed by atoms with Crippen LogP contribution in [0, 0.1) is 0 Å². The topological polar surface area (TPSA) is 43.4 Å². The zero-order valence-corrected chi connectivity index (χ0v) is 16.5. The van der Waals surface area contributed by atoms with Gasteiger partial charge in [-0.2, -0.15) is 30.7 Å². The lowest BCUT2D eigenvalue weighted by molar-refractivity contribution is -0.331. The van der Waals surface area contributed by atoms with Crippen LogP contribution in [-0.4, -0.2) is 43.3 Å². The number of sulfone groups is 1. The minimum atomic E-state index is -6.78. The molecular weight excluding hydrogens is 517 g/mol. The van der Waals surface area contributed by atoms with Crippen molar-refractivity contribution in [1.82, 2.24) is 0 Å². The van der Waals surface area contributed by atoms with Crippen molar-refractivity contribution in [3.05, 3.63) is 21.5 Å². The standard InChI is InChI=1S/C12H11Br2F7O3S/c1-6(24-2)9(14)4-7(13)3-8(5-9)25(22,23)12(20,21)10(15,16)11(17,18)19/h3,5-6H,4H2,1-2H3. The van der Waals surface area contributed by atoms with E-state index in [9.17, 15) is 39.2 Å². The highest BCUT2D eigenvalue weighted by molar-refractivity contribution is 9.12. The Morgan fingerprint density at radius 2 is 1.68 bits per heavy atom. The Hall–Kier alpha value is -0.140. The van der Waals surface area contributed by atoms with Crippen molar-refractivity contribution < 1.29 is 43.9 Å². The van der Waals surface area contributed by atoms with E-state index >= 15 is 0 Å². The average Bonchev–Trinajstić information content (AvgIpc) is 2.43. The van der Waals surface area contributed by atoms with E-state index in [1.54, 1.807) is 0 Å². The van der Waals surface area contributed by atoms with Gasteiger partial charge in [0.2, 0.25) is 9.84 Å². The molecule has 0 amide bonds. The summed E-state index contributed by atoms with van der Waals surface area (Å²) in [5.41, 5.74) is 0. The van der Waals surface area contributed by atoms with Crippen molar-refractivity contribution in [2.45, 2.75) is 41.1 Å². The van der Waals surface area contributed by atoms with Crippen LogP contribution >= 0.6 is 31.9 Å². The fourth-order valence-corrected chi connectivity index (χ4v) is 5.42. The fraction of sp³-hybridized carbons (Fsp3) is 0.667. The summed E-state index contributed by atoms with van der Waals surface area (Å²) in [7, 11) is -5.17. The van der Waals surface area contributed by atoms with Crippen molar-refractivity contribution in [2.75, 3.05) is 7.11 Å². The molecule has 25 heavy (non-hydrogen) atoms. The first-order valence-electron chi connectivity index (χ1n) is 6.31. The summed E-state index contributed by atoms with van der Waals surface area (Å²) in [6, 6.07) is 0.